The van der Waals surface area contributed by atoms with Gasteiger partial charge >= 0.3 is 0 Å². The van der Waals surface area contributed by atoms with Crippen LogP contribution < -0.4 is 5.32 Å². The molecule has 1 fully saturated rings. The molecule has 1 amide bonds. The van der Waals surface area contributed by atoms with E-state index < -0.39 is 0 Å². The molecule has 0 spiro atoms. The number of aromatic nitrogens is 4. The summed E-state index contributed by atoms with van der Waals surface area (Å²) in [4.78, 5) is 27.0. The predicted molar refractivity (Wildman–Crippen MR) is 91.3 cm³/mol. The lowest BCUT2D eigenvalue weighted by Gasteiger charge is -2.32. The van der Waals surface area contributed by atoms with Gasteiger partial charge in [0.05, 0.1) is 12.6 Å². The van der Waals surface area contributed by atoms with Crippen molar-refractivity contribution in [1.29, 1.82) is 0 Å². The molecular weight excluding hydrogens is 320 g/mol. The van der Waals surface area contributed by atoms with Gasteiger partial charge in [0.2, 0.25) is 23.4 Å². The normalized spacial score (nSPS) is 18.4. The van der Waals surface area contributed by atoms with Crippen molar-refractivity contribution in [1.82, 2.24) is 30.3 Å². The Kier molecular flexibility index (Phi) is 5.70. The van der Waals surface area contributed by atoms with E-state index in [0.29, 0.717) is 36.5 Å². The van der Waals surface area contributed by atoms with E-state index >= 15 is 0 Å². The molecule has 25 heavy (non-hydrogen) atoms. The zero-order chi connectivity index (χ0) is 17.6. The van der Waals surface area contributed by atoms with E-state index in [9.17, 15) is 4.79 Å². The third-order valence-corrected chi connectivity index (χ3v) is 4.16. The average Bonchev–Trinajstić information content (AvgIpc) is 3.11. The maximum atomic E-state index is 12.2. The number of likely N-dealkylation sites (tertiary alicyclic amines) is 1. The molecule has 0 saturated carbocycles. The molecule has 8 heteroatoms. The Morgan fingerprint density at radius 2 is 2.12 bits per heavy atom. The Balaban J connectivity index is 1.69. The lowest BCUT2D eigenvalue weighted by Crippen LogP contribution is -2.42. The number of hydrogen-bond acceptors (Lipinski definition) is 7. The van der Waals surface area contributed by atoms with E-state index in [0.717, 1.165) is 25.8 Å². The highest BCUT2D eigenvalue weighted by Gasteiger charge is 2.30. The number of carbonyl (C=O) groups excluding carboxylic acids is 1. The molecule has 1 saturated heterocycles. The highest BCUT2D eigenvalue weighted by molar-refractivity contribution is 5.78. The van der Waals surface area contributed by atoms with Crippen LogP contribution >= 0.6 is 0 Å². The number of amides is 1. The zero-order valence-corrected chi connectivity index (χ0v) is 14.7. The third kappa shape index (κ3) is 4.60. The average molecular weight is 344 g/mol. The summed E-state index contributed by atoms with van der Waals surface area (Å²) in [6, 6.07) is 1.70. The van der Waals surface area contributed by atoms with Gasteiger partial charge in [0.1, 0.15) is 0 Å². The summed E-state index contributed by atoms with van der Waals surface area (Å²) in [7, 11) is 0. The van der Waals surface area contributed by atoms with Crippen LogP contribution in [0.2, 0.25) is 0 Å². The molecule has 3 rings (SSSR count). The summed E-state index contributed by atoms with van der Waals surface area (Å²) in [5, 5.41) is 6.96. The van der Waals surface area contributed by atoms with Gasteiger partial charge in [0, 0.05) is 18.9 Å². The number of nitrogens with one attached hydrogen (secondary N) is 1. The van der Waals surface area contributed by atoms with Crippen LogP contribution in [0.3, 0.4) is 0 Å². The Morgan fingerprint density at radius 3 is 2.88 bits per heavy atom. The van der Waals surface area contributed by atoms with Gasteiger partial charge in [0.25, 0.3) is 0 Å². The topological polar surface area (TPSA) is 97.0 Å². The molecule has 2 aromatic rings. The van der Waals surface area contributed by atoms with Crippen LogP contribution in [0.4, 0.5) is 0 Å². The van der Waals surface area contributed by atoms with E-state index in [1.165, 1.54) is 0 Å². The van der Waals surface area contributed by atoms with E-state index in [2.05, 4.69) is 44.2 Å². The number of hydrogen-bond donors (Lipinski definition) is 1. The van der Waals surface area contributed by atoms with Crippen molar-refractivity contribution in [2.45, 2.75) is 39.2 Å². The molecule has 0 radical (unpaired) electrons. The summed E-state index contributed by atoms with van der Waals surface area (Å²) in [5.74, 6) is 1.82. The number of rotatable bonds is 6. The van der Waals surface area contributed by atoms with Gasteiger partial charge in [-0.3, -0.25) is 9.69 Å². The Bertz CT molecular complexity index is 687. The van der Waals surface area contributed by atoms with Gasteiger partial charge in [-0.2, -0.15) is 4.98 Å². The fourth-order valence-electron chi connectivity index (χ4n) is 2.89. The molecule has 0 unspecified atom stereocenters. The summed E-state index contributed by atoms with van der Waals surface area (Å²) < 4.78 is 5.45. The minimum atomic E-state index is -0.0384. The van der Waals surface area contributed by atoms with Gasteiger partial charge in [-0.05, 0) is 31.4 Å². The van der Waals surface area contributed by atoms with Crippen molar-refractivity contribution < 1.29 is 9.32 Å². The molecule has 3 heterocycles. The van der Waals surface area contributed by atoms with Crippen molar-refractivity contribution >= 4 is 5.91 Å². The van der Waals surface area contributed by atoms with Crippen molar-refractivity contribution in [2.24, 2.45) is 5.92 Å². The Hall–Kier alpha value is -2.35. The van der Waals surface area contributed by atoms with Crippen LogP contribution in [0.5, 0.6) is 0 Å². The SMILES string of the molecule is CC(C)CNC(=O)CN1CCCC[C@H]1c1nc(-c2ncccn2)no1. The first-order chi connectivity index (χ1) is 12.1. The summed E-state index contributed by atoms with van der Waals surface area (Å²) in [6.45, 7) is 6.04. The maximum Gasteiger partial charge on any atom is 0.244 e. The first kappa shape index (κ1) is 17.5. The lowest BCUT2D eigenvalue weighted by atomic mass is 10.0. The van der Waals surface area contributed by atoms with Crippen LogP contribution in [-0.4, -0.2) is 50.5 Å². The van der Waals surface area contributed by atoms with E-state index in [4.69, 9.17) is 4.52 Å². The molecule has 1 atom stereocenters. The summed E-state index contributed by atoms with van der Waals surface area (Å²) >= 11 is 0. The van der Waals surface area contributed by atoms with Crippen LogP contribution in [0.25, 0.3) is 11.6 Å². The standard InChI is InChI=1S/C17H24N6O2/c1-12(2)10-20-14(24)11-23-9-4-3-6-13(23)17-21-16(22-25-17)15-18-7-5-8-19-15/h5,7-8,12-13H,3-4,6,9-11H2,1-2H3,(H,20,24)/t13-/m0/s1. The molecule has 1 aliphatic heterocycles. The molecule has 1 N–H and O–H groups in total. The smallest absolute Gasteiger partial charge is 0.244 e. The van der Waals surface area contributed by atoms with Crippen molar-refractivity contribution in [2.75, 3.05) is 19.6 Å². The second-order valence-electron chi connectivity index (χ2n) is 6.71. The van der Waals surface area contributed by atoms with Crippen LogP contribution in [0.1, 0.15) is 45.0 Å². The van der Waals surface area contributed by atoms with Gasteiger partial charge < -0.3 is 9.84 Å². The largest absolute Gasteiger partial charge is 0.355 e. The van der Waals surface area contributed by atoms with Gasteiger partial charge in [-0.1, -0.05) is 25.4 Å². The third-order valence-electron chi connectivity index (χ3n) is 4.16. The van der Waals surface area contributed by atoms with Crippen LogP contribution in [0, 0.1) is 5.92 Å². The molecule has 134 valence electrons. The highest BCUT2D eigenvalue weighted by Crippen LogP contribution is 2.30. The zero-order valence-electron chi connectivity index (χ0n) is 14.7. The second kappa shape index (κ2) is 8.15. The quantitative estimate of drug-likeness (QED) is 0.853. The van der Waals surface area contributed by atoms with Crippen LogP contribution in [0.15, 0.2) is 23.0 Å². The monoisotopic (exact) mass is 344 g/mol. The highest BCUT2D eigenvalue weighted by atomic mass is 16.5. The van der Waals surface area contributed by atoms with E-state index in [1.54, 1.807) is 18.5 Å². The second-order valence-corrected chi connectivity index (χ2v) is 6.71. The van der Waals surface area contributed by atoms with Crippen LogP contribution in [-0.2, 0) is 4.79 Å². The van der Waals surface area contributed by atoms with Gasteiger partial charge in [-0.15, -0.1) is 0 Å². The van der Waals surface area contributed by atoms with Crippen molar-refractivity contribution in [3.8, 4) is 11.6 Å². The van der Waals surface area contributed by atoms with Crippen molar-refractivity contribution in [3.63, 3.8) is 0 Å². The first-order valence-electron chi connectivity index (χ1n) is 8.75. The van der Waals surface area contributed by atoms with Gasteiger partial charge in [0.15, 0.2) is 0 Å². The number of piperidine rings is 1. The first-order valence-corrected chi connectivity index (χ1v) is 8.75. The molecule has 2 aromatic heterocycles. The fraction of sp³-hybridized carbons (Fsp3) is 0.588. The molecule has 1 aliphatic rings. The van der Waals surface area contributed by atoms with E-state index in [1.807, 2.05) is 0 Å². The predicted octanol–water partition coefficient (Wildman–Crippen LogP) is 1.83. The lowest BCUT2D eigenvalue weighted by molar-refractivity contribution is -0.123. The molecule has 0 aliphatic carbocycles. The fourth-order valence-corrected chi connectivity index (χ4v) is 2.89. The van der Waals surface area contributed by atoms with E-state index in [-0.39, 0.29) is 11.9 Å². The maximum absolute atomic E-state index is 12.2. The minimum absolute atomic E-state index is 0.0340. The minimum Gasteiger partial charge on any atom is -0.355 e. The molecule has 8 nitrogen and oxygen atoms in total. The summed E-state index contributed by atoms with van der Waals surface area (Å²) in [6.07, 6.45) is 6.33. The van der Waals surface area contributed by atoms with Gasteiger partial charge in [-0.25, -0.2) is 9.97 Å². The molecule has 0 aromatic carbocycles. The molecule has 0 bridgehead atoms. The Labute approximate surface area is 147 Å². The van der Waals surface area contributed by atoms with Crippen molar-refractivity contribution in [3.05, 3.63) is 24.4 Å². The number of carbonyl (C=O) groups is 1. The molecular formula is C17H24N6O2. The Morgan fingerprint density at radius 1 is 1.32 bits per heavy atom. The number of nitrogens with zero attached hydrogens (tertiary/aromatic N) is 5. The summed E-state index contributed by atoms with van der Waals surface area (Å²) in [5.41, 5.74) is 0.